The molecule has 1 unspecified atom stereocenters. The van der Waals surface area contributed by atoms with Crippen LogP contribution in [-0.2, 0) is 11.2 Å². The van der Waals surface area contributed by atoms with E-state index in [1.807, 2.05) is 0 Å². The number of aryl methyl sites for hydroxylation is 1. The van der Waals surface area contributed by atoms with E-state index in [4.69, 9.17) is 4.74 Å². The molecule has 18 heavy (non-hydrogen) atoms. The molecule has 0 radical (unpaired) electrons. The van der Waals surface area contributed by atoms with Gasteiger partial charge in [0.2, 0.25) is 0 Å². The fourth-order valence-electron chi connectivity index (χ4n) is 2.47. The molecule has 2 heteroatoms. The fraction of sp³-hybridized carbons (Fsp3) is 0.625. The molecule has 0 aromatic heterocycles. The van der Waals surface area contributed by atoms with Crippen LogP contribution < -0.4 is 5.32 Å². The second kappa shape index (κ2) is 8.28. The molecule has 2 nitrogen and oxygen atoms in total. The van der Waals surface area contributed by atoms with Crippen LogP contribution >= 0.6 is 0 Å². The van der Waals surface area contributed by atoms with Crippen molar-refractivity contribution in [3.63, 3.8) is 0 Å². The van der Waals surface area contributed by atoms with E-state index in [2.05, 4.69) is 35.6 Å². The molecule has 0 bridgehead atoms. The van der Waals surface area contributed by atoms with Gasteiger partial charge in [0.05, 0.1) is 0 Å². The van der Waals surface area contributed by atoms with Gasteiger partial charge in [-0.25, -0.2) is 0 Å². The first-order valence-electron chi connectivity index (χ1n) is 7.27. The summed E-state index contributed by atoms with van der Waals surface area (Å²) in [6, 6.07) is 10.8. The first-order chi connectivity index (χ1) is 8.95. The van der Waals surface area contributed by atoms with Crippen molar-refractivity contribution in [2.45, 2.75) is 32.1 Å². The molecule has 0 spiro atoms. The van der Waals surface area contributed by atoms with Gasteiger partial charge in [-0.3, -0.25) is 0 Å². The number of rotatable bonds is 8. The second-order valence-corrected chi connectivity index (χ2v) is 5.21. The summed E-state index contributed by atoms with van der Waals surface area (Å²) in [5.74, 6) is 0.807. The molecule has 1 atom stereocenters. The van der Waals surface area contributed by atoms with Crippen molar-refractivity contribution >= 4 is 0 Å². The van der Waals surface area contributed by atoms with Crippen LogP contribution in [-0.4, -0.2) is 26.3 Å². The largest absolute Gasteiger partial charge is 0.381 e. The Hall–Kier alpha value is -0.860. The van der Waals surface area contributed by atoms with Gasteiger partial charge in [-0.15, -0.1) is 0 Å². The third-order valence-corrected chi connectivity index (χ3v) is 3.67. The van der Waals surface area contributed by atoms with Crippen LogP contribution in [0.5, 0.6) is 0 Å². The van der Waals surface area contributed by atoms with Crippen LogP contribution in [0.2, 0.25) is 0 Å². The van der Waals surface area contributed by atoms with Crippen molar-refractivity contribution < 1.29 is 4.74 Å². The Bertz CT molecular complexity index is 306. The molecule has 0 amide bonds. The molecule has 1 N–H and O–H groups in total. The number of nitrogens with one attached hydrogen (secondary N) is 1. The van der Waals surface area contributed by atoms with E-state index in [0.29, 0.717) is 0 Å². The van der Waals surface area contributed by atoms with E-state index in [-0.39, 0.29) is 0 Å². The summed E-state index contributed by atoms with van der Waals surface area (Å²) < 4.78 is 5.37. The summed E-state index contributed by atoms with van der Waals surface area (Å²) in [5.41, 5.74) is 1.46. The summed E-state index contributed by atoms with van der Waals surface area (Å²) in [6.45, 7) is 4.26. The Morgan fingerprint density at radius 1 is 1.11 bits per heavy atom. The zero-order valence-corrected chi connectivity index (χ0v) is 11.2. The predicted molar refractivity (Wildman–Crippen MR) is 75.8 cm³/mol. The first kappa shape index (κ1) is 13.6. The summed E-state index contributed by atoms with van der Waals surface area (Å²) in [4.78, 5) is 0. The molecule has 1 saturated heterocycles. The second-order valence-electron chi connectivity index (χ2n) is 5.21. The van der Waals surface area contributed by atoms with Gasteiger partial charge in [0.1, 0.15) is 0 Å². The van der Waals surface area contributed by atoms with Crippen molar-refractivity contribution in [1.29, 1.82) is 0 Å². The number of ether oxygens (including phenoxy) is 1. The van der Waals surface area contributed by atoms with Gasteiger partial charge in [0.15, 0.2) is 0 Å². The van der Waals surface area contributed by atoms with Gasteiger partial charge >= 0.3 is 0 Å². The monoisotopic (exact) mass is 247 g/mol. The van der Waals surface area contributed by atoms with Crippen molar-refractivity contribution in [3.05, 3.63) is 35.9 Å². The minimum atomic E-state index is 0.807. The van der Waals surface area contributed by atoms with Crippen molar-refractivity contribution in [2.24, 2.45) is 5.92 Å². The molecule has 1 aromatic carbocycles. The molecule has 0 saturated carbocycles. The van der Waals surface area contributed by atoms with Crippen LogP contribution in [0.15, 0.2) is 30.3 Å². The summed E-state index contributed by atoms with van der Waals surface area (Å²) >= 11 is 0. The molecule has 1 fully saturated rings. The average molecular weight is 247 g/mol. The van der Waals surface area contributed by atoms with Crippen molar-refractivity contribution in [2.75, 3.05) is 26.3 Å². The van der Waals surface area contributed by atoms with E-state index < -0.39 is 0 Å². The Balaban J connectivity index is 1.42. The lowest BCUT2D eigenvalue weighted by Gasteiger charge is -2.08. The van der Waals surface area contributed by atoms with E-state index in [9.17, 15) is 0 Å². The van der Waals surface area contributed by atoms with Gasteiger partial charge in [0.25, 0.3) is 0 Å². The lowest BCUT2D eigenvalue weighted by molar-refractivity contribution is 0.184. The van der Waals surface area contributed by atoms with Gasteiger partial charge in [-0.2, -0.15) is 0 Å². The Morgan fingerprint density at radius 2 is 2.00 bits per heavy atom. The molecule has 1 aliphatic rings. The standard InChI is InChI=1S/C16H25NO/c1-2-6-15(7-3-1)8-4-5-11-17-12-9-16-10-13-18-14-16/h1-3,6-7,16-17H,4-5,8-14H2. The van der Waals surface area contributed by atoms with Crippen LogP contribution in [0.25, 0.3) is 0 Å². The molecule has 100 valence electrons. The lowest BCUT2D eigenvalue weighted by Crippen LogP contribution is -2.19. The first-order valence-corrected chi connectivity index (χ1v) is 7.27. The molecule has 2 rings (SSSR count). The summed E-state index contributed by atoms with van der Waals surface area (Å²) in [6.07, 6.45) is 6.30. The normalized spacial score (nSPS) is 19.2. The third kappa shape index (κ3) is 5.19. The van der Waals surface area contributed by atoms with Crippen molar-refractivity contribution in [3.8, 4) is 0 Å². The predicted octanol–water partition coefficient (Wildman–Crippen LogP) is 3.03. The SMILES string of the molecule is c1ccc(CCCCNCCC2CCOC2)cc1. The van der Waals surface area contributed by atoms with E-state index in [1.54, 1.807) is 0 Å². The highest BCUT2D eigenvalue weighted by molar-refractivity contribution is 5.14. The Morgan fingerprint density at radius 3 is 2.78 bits per heavy atom. The zero-order valence-electron chi connectivity index (χ0n) is 11.2. The molecule has 1 heterocycles. The van der Waals surface area contributed by atoms with E-state index in [0.717, 1.165) is 32.2 Å². The van der Waals surface area contributed by atoms with E-state index >= 15 is 0 Å². The maximum atomic E-state index is 5.37. The Kier molecular flexibility index (Phi) is 6.24. The molecule has 1 aliphatic heterocycles. The van der Waals surface area contributed by atoms with Crippen LogP contribution in [0.4, 0.5) is 0 Å². The molecular formula is C16H25NO. The van der Waals surface area contributed by atoms with Gasteiger partial charge < -0.3 is 10.1 Å². The maximum Gasteiger partial charge on any atom is 0.0495 e. The molecule has 0 aliphatic carbocycles. The van der Waals surface area contributed by atoms with Crippen LogP contribution in [0, 0.1) is 5.92 Å². The van der Waals surface area contributed by atoms with Gasteiger partial charge in [-0.05, 0) is 56.7 Å². The smallest absolute Gasteiger partial charge is 0.0495 e. The van der Waals surface area contributed by atoms with E-state index in [1.165, 1.54) is 37.7 Å². The topological polar surface area (TPSA) is 21.3 Å². The lowest BCUT2D eigenvalue weighted by atomic mass is 10.1. The minimum Gasteiger partial charge on any atom is -0.381 e. The zero-order chi connectivity index (χ0) is 12.5. The summed E-state index contributed by atoms with van der Waals surface area (Å²) in [5, 5.41) is 3.54. The van der Waals surface area contributed by atoms with Gasteiger partial charge in [0, 0.05) is 13.2 Å². The maximum absolute atomic E-state index is 5.37. The number of hydrogen-bond donors (Lipinski definition) is 1. The highest BCUT2D eigenvalue weighted by atomic mass is 16.5. The summed E-state index contributed by atoms with van der Waals surface area (Å²) in [7, 11) is 0. The quantitative estimate of drug-likeness (QED) is 0.713. The molecular weight excluding hydrogens is 222 g/mol. The number of benzene rings is 1. The minimum absolute atomic E-state index is 0.807. The third-order valence-electron chi connectivity index (χ3n) is 3.67. The fourth-order valence-corrected chi connectivity index (χ4v) is 2.47. The average Bonchev–Trinajstić information content (AvgIpc) is 2.92. The highest BCUT2D eigenvalue weighted by Crippen LogP contribution is 2.15. The van der Waals surface area contributed by atoms with Gasteiger partial charge in [-0.1, -0.05) is 30.3 Å². The highest BCUT2D eigenvalue weighted by Gasteiger charge is 2.14. The Labute approximate surface area is 111 Å². The van der Waals surface area contributed by atoms with Crippen molar-refractivity contribution in [1.82, 2.24) is 5.32 Å². The number of unbranched alkanes of at least 4 members (excludes halogenated alkanes) is 1. The van der Waals surface area contributed by atoms with Crippen LogP contribution in [0.1, 0.15) is 31.2 Å². The molecule has 1 aromatic rings. The van der Waals surface area contributed by atoms with Crippen LogP contribution in [0.3, 0.4) is 0 Å². The number of hydrogen-bond acceptors (Lipinski definition) is 2.